The Bertz CT molecular complexity index is 164. The molecule has 0 rings (SSSR count). The molecule has 0 bridgehead atoms. The van der Waals surface area contributed by atoms with Gasteiger partial charge in [0.15, 0.2) is 0 Å². The molecule has 0 spiro atoms. The van der Waals surface area contributed by atoms with Crippen molar-refractivity contribution in [3.8, 4) is 0 Å². The summed E-state index contributed by atoms with van der Waals surface area (Å²) in [6.45, 7) is 8.08. The predicted molar refractivity (Wildman–Crippen MR) is 40.5 cm³/mol. The first kappa shape index (κ1) is 9.15. The van der Waals surface area contributed by atoms with Crippen LogP contribution in [0, 0.1) is 0 Å². The summed E-state index contributed by atoms with van der Waals surface area (Å²) < 4.78 is 5.05. The number of ether oxygens (including phenoxy) is 1. The molecule has 0 aliphatic heterocycles. The molecule has 0 saturated heterocycles. The molecule has 0 radical (unpaired) electrons. The van der Waals surface area contributed by atoms with Gasteiger partial charge in [0.25, 0.3) is 0 Å². The SMILES string of the molecule is C=C(C)COCC(C)=C=O. The maximum absolute atomic E-state index is 9.92. The number of rotatable bonds is 4. The lowest BCUT2D eigenvalue weighted by Gasteiger charge is -1.99. The molecule has 0 fully saturated rings. The highest BCUT2D eigenvalue weighted by Gasteiger charge is 1.89. The monoisotopic (exact) mass is 140 g/mol. The standard InChI is InChI=1S/C8H12O2/c1-7(2)5-10-6-8(3)4-9/h1,5-6H2,2-3H3. The summed E-state index contributed by atoms with van der Waals surface area (Å²) in [5, 5.41) is 0. The first-order valence-electron chi connectivity index (χ1n) is 3.09. The highest BCUT2D eigenvalue weighted by atomic mass is 16.5. The van der Waals surface area contributed by atoms with Crippen LogP contribution in [0.25, 0.3) is 0 Å². The molecule has 0 atom stereocenters. The molecule has 2 nitrogen and oxygen atoms in total. The Labute approximate surface area is 61.2 Å². The van der Waals surface area contributed by atoms with Crippen molar-refractivity contribution in [3.63, 3.8) is 0 Å². The van der Waals surface area contributed by atoms with E-state index in [4.69, 9.17) is 4.74 Å². The van der Waals surface area contributed by atoms with E-state index in [1.165, 1.54) is 0 Å². The average Bonchev–Trinajstić information content (AvgIpc) is 1.87. The van der Waals surface area contributed by atoms with Crippen molar-refractivity contribution < 1.29 is 9.53 Å². The quantitative estimate of drug-likeness (QED) is 0.435. The smallest absolute Gasteiger partial charge is 0.125 e. The molecule has 0 unspecified atom stereocenters. The second-order valence-corrected chi connectivity index (χ2v) is 2.33. The van der Waals surface area contributed by atoms with Gasteiger partial charge in [-0.15, -0.1) is 0 Å². The van der Waals surface area contributed by atoms with Gasteiger partial charge in [0.05, 0.1) is 13.2 Å². The van der Waals surface area contributed by atoms with Crippen molar-refractivity contribution in [2.45, 2.75) is 13.8 Å². The maximum atomic E-state index is 9.92. The van der Waals surface area contributed by atoms with Gasteiger partial charge in [0, 0.05) is 5.57 Å². The largest absolute Gasteiger partial charge is 0.372 e. The van der Waals surface area contributed by atoms with Gasteiger partial charge in [-0.1, -0.05) is 12.2 Å². The molecule has 0 amide bonds. The Morgan fingerprint density at radius 3 is 2.50 bits per heavy atom. The molecule has 56 valence electrons. The number of hydrogen-bond donors (Lipinski definition) is 0. The fourth-order valence-electron chi connectivity index (χ4n) is 0.408. The predicted octanol–water partition coefficient (Wildman–Crippen LogP) is 1.36. The minimum Gasteiger partial charge on any atom is -0.372 e. The Morgan fingerprint density at radius 1 is 1.50 bits per heavy atom. The van der Waals surface area contributed by atoms with Crippen LogP contribution in [0.15, 0.2) is 17.7 Å². The van der Waals surface area contributed by atoms with Gasteiger partial charge in [-0.2, -0.15) is 0 Å². The molecule has 0 aliphatic carbocycles. The fraction of sp³-hybridized carbons (Fsp3) is 0.500. The zero-order valence-electron chi connectivity index (χ0n) is 6.44. The van der Waals surface area contributed by atoms with Gasteiger partial charge < -0.3 is 4.74 Å². The van der Waals surface area contributed by atoms with Crippen LogP contribution in [0.4, 0.5) is 0 Å². The average molecular weight is 140 g/mol. The molecule has 0 aliphatic rings. The van der Waals surface area contributed by atoms with Crippen LogP contribution in [0.3, 0.4) is 0 Å². The normalized spacial score (nSPS) is 8.60. The van der Waals surface area contributed by atoms with E-state index in [1.54, 1.807) is 12.9 Å². The summed E-state index contributed by atoms with van der Waals surface area (Å²) >= 11 is 0. The molecule has 0 aromatic carbocycles. The number of carbonyl (C=O) groups excluding carboxylic acids is 1. The van der Waals surface area contributed by atoms with Crippen molar-refractivity contribution in [2.75, 3.05) is 13.2 Å². The second-order valence-electron chi connectivity index (χ2n) is 2.33. The van der Waals surface area contributed by atoms with Crippen molar-refractivity contribution in [1.82, 2.24) is 0 Å². The summed E-state index contributed by atoms with van der Waals surface area (Å²) in [5.41, 5.74) is 1.54. The molecule has 0 aromatic rings. The van der Waals surface area contributed by atoms with Crippen molar-refractivity contribution in [1.29, 1.82) is 0 Å². The van der Waals surface area contributed by atoms with E-state index in [-0.39, 0.29) is 0 Å². The van der Waals surface area contributed by atoms with Gasteiger partial charge in [0.1, 0.15) is 5.94 Å². The van der Waals surface area contributed by atoms with Gasteiger partial charge >= 0.3 is 0 Å². The van der Waals surface area contributed by atoms with Crippen LogP contribution in [0.5, 0.6) is 0 Å². The zero-order chi connectivity index (χ0) is 7.98. The third-order valence-corrected chi connectivity index (χ3v) is 0.841. The zero-order valence-corrected chi connectivity index (χ0v) is 6.44. The molecule has 10 heavy (non-hydrogen) atoms. The molecule has 0 N–H and O–H groups in total. The van der Waals surface area contributed by atoms with Crippen molar-refractivity contribution in [2.24, 2.45) is 0 Å². The Balaban J connectivity index is 3.38. The highest BCUT2D eigenvalue weighted by molar-refractivity contribution is 5.51. The molecule has 0 heterocycles. The molecule has 2 heteroatoms. The van der Waals surface area contributed by atoms with E-state index in [9.17, 15) is 4.79 Å². The second kappa shape index (κ2) is 4.98. The highest BCUT2D eigenvalue weighted by Crippen LogP contribution is 1.91. The summed E-state index contributed by atoms with van der Waals surface area (Å²) in [6, 6.07) is 0. The lowest BCUT2D eigenvalue weighted by atomic mass is 10.3. The third-order valence-electron chi connectivity index (χ3n) is 0.841. The first-order chi connectivity index (χ1) is 4.66. The minimum absolute atomic E-state index is 0.357. The van der Waals surface area contributed by atoms with E-state index in [2.05, 4.69) is 6.58 Å². The molecular weight excluding hydrogens is 128 g/mol. The van der Waals surface area contributed by atoms with Crippen molar-refractivity contribution in [3.05, 3.63) is 17.7 Å². The number of hydrogen-bond acceptors (Lipinski definition) is 2. The Hall–Kier alpha value is -0.850. The van der Waals surface area contributed by atoms with Gasteiger partial charge in [0.2, 0.25) is 0 Å². The maximum Gasteiger partial charge on any atom is 0.125 e. The summed E-state index contributed by atoms with van der Waals surface area (Å²) in [6.07, 6.45) is 0. The lowest BCUT2D eigenvalue weighted by molar-refractivity contribution is 0.181. The van der Waals surface area contributed by atoms with E-state index in [0.717, 1.165) is 5.57 Å². The van der Waals surface area contributed by atoms with Gasteiger partial charge in [-0.3, -0.25) is 0 Å². The van der Waals surface area contributed by atoms with Crippen LogP contribution >= 0.6 is 0 Å². The minimum atomic E-state index is 0.357. The van der Waals surface area contributed by atoms with E-state index in [1.807, 2.05) is 6.92 Å². The molecular formula is C8H12O2. The summed E-state index contributed by atoms with van der Waals surface area (Å²) in [7, 11) is 0. The lowest BCUT2D eigenvalue weighted by Crippen LogP contribution is -1.98. The van der Waals surface area contributed by atoms with Crippen molar-refractivity contribution >= 4 is 5.94 Å². The van der Waals surface area contributed by atoms with E-state index < -0.39 is 0 Å². The molecule has 0 saturated carbocycles. The summed E-state index contributed by atoms with van der Waals surface area (Å²) in [5.74, 6) is 1.75. The van der Waals surface area contributed by atoms with Gasteiger partial charge in [-0.05, 0) is 13.8 Å². The van der Waals surface area contributed by atoms with Crippen LogP contribution in [-0.4, -0.2) is 19.2 Å². The topological polar surface area (TPSA) is 26.3 Å². The van der Waals surface area contributed by atoms with E-state index in [0.29, 0.717) is 18.8 Å². The fourth-order valence-corrected chi connectivity index (χ4v) is 0.408. The first-order valence-corrected chi connectivity index (χ1v) is 3.09. The molecule has 0 aromatic heterocycles. The van der Waals surface area contributed by atoms with Gasteiger partial charge in [-0.25, -0.2) is 4.79 Å². The van der Waals surface area contributed by atoms with Crippen LogP contribution < -0.4 is 0 Å². The van der Waals surface area contributed by atoms with E-state index >= 15 is 0 Å². The van der Waals surface area contributed by atoms with Crippen LogP contribution in [0.1, 0.15) is 13.8 Å². The summed E-state index contributed by atoms with van der Waals surface area (Å²) in [4.78, 5) is 9.92. The van der Waals surface area contributed by atoms with Crippen LogP contribution in [-0.2, 0) is 9.53 Å². The third kappa shape index (κ3) is 5.29. The van der Waals surface area contributed by atoms with Crippen LogP contribution in [0.2, 0.25) is 0 Å². The Morgan fingerprint density at radius 2 is 2.10 bits per heavy atom. The Kier molecular flexibility index (Phi) is 4.55.